The third-order valence-electron chi connectivity index (χ3n) is 4.52. The molecule has 0 aliphatic carbocycles. The van der Waals surface area contributed by atoms with E-state index in [9.17, 15) is 9.50 Å². The summed E-state index contributed by atoms with van der Waals surface area (Å²) in [5.74, 6) is 0.510. The first kappa shape index (κ1) is 22.5. The highest BCUT2D eigenvalue weighted by Gasteiger charge is 2.14. The molecule has 0 amide bonds. The van der Waals surface area contributed by atoms with Gasteiger partial charge in [0.05, 0.1) is 40.9 Å². The van der Waals surface area contributed by atoms with Gasteiger partial charge in [-0.15, -0.1) is 23.7 Å². The number of aromatic nitrogens is 3. The Kier molecular flexibility index (Phi) is 6.77. The summed E-state index contributed by atoms with van der Waals surface area (Å²) in [6.45, 7) is 3.86. The predicted molar refractivity (Wildman–Crippen MR) is 121 cm³/mol. The van der Waals surface area contributed by atoms with Gasteiger partial charge in [-0.3, -0.25) is 0 Å². The first-order valence-electron chi connectivity index (χ1n) is 9.08. The summed E-state index contributed by atoms with van der Waals surface area (Å²) in [6.07, 6.45) is 1.48. The molecule has 162 valence electrons. The van der Waals surface area contributed by atoms with E-state index in [0.29, 0.717) is 40.3 Å². The van der Waals surface area contributed by atoms with Crippen LogP contribution >= 0.6 is 23.7 Å². The minimum absolute atomic E-state index is 0. The Morgan fingerprint density at radius 2 is 1.94 bits per heavy atom. The Balaban J connectivity index is 0.00000272. The first-order chi connectivity index (χ1) is 14.4. The lowest BCUT2D eigenvalue weighted by Crippen LogP contribution is -2.01. The van der Waals surface area contributed by atoms with Crippen LogP contribution in [0.3, 0.4) is 0 Å². The van der Waals surface area contributed by atoms with E-state index < -0.39 is 5.82 Å². The Labute approximate surface area is 188 Å². The van der Waals surface area contributed by atoms with Gasteiger partial charge < -0.3 is 19.9 Å². The van der Waals surface area contributed by atoms with Gasteiger partial charge in [0, 0.05) is 22.9 Å². The smallest absolute Gasteiger partial charge is 0.164 e. The largest absolute Gasteiger partial charge is 0.508 e. The molecule has 10 heteroatoms. The first-order valence-corrected chi connectivity index (χ1v) is 9.96. The Bertz CT molecular complexity index is 1230. The Hall–Kier alpha value is -3.17. The number of nitrogens with one attached hydrogen (secondary N) is 1. The summed E-state index contributed by atoms with van der Waals surface area (Å²) in [5, 5.41) is 24.6. The van der Waals surface area contributed by atoms with Crippen molar-refractivity contribution in [3.05, 3.63) is 57.9 Å². The van der Waals surface area contributed by atoms with Crippen LogP contribution in [0.5, 0.6) is 17.2 Å². The molecule has 31 heavy (non-hydrogen) atoms. The van der Waals surface area contributed by atoms with Crippen molar-refractivity contribution in [1.29, 1.82) is 0 Å². The maximum atomic E-state index is 14.3. The number of hydrogen-bond donors (Lipinski definition) is 2. The van der Waals surface area contributed by atoms with Gasteiger partial charge in [-0.25, -0.2) is 9.37 Å². The summed E-state index contributed by atoms with van der Waals surface area (Å²) in [6, 6.07) is 6.07. The number of phenols is 1. The minimum Gasteiger partial charge on any atom is -0.508 e. The molecule has 2 heterocycles. The van der Waals surface area contributed by atoms with Gasteiger partial charge in [0.25, 0.3) is 0 Å². The monoisotopic (exact) mass is 462 g/mol. The summed E-state index contributed by atoms with van der Waals surface area (Å²) in [5.41, 5.74) is 2.47. The van der Waals surface area contributed by atoms with Gasteiger partial charge in [0.15, 0.2) is 11.5 Å². The third kappa shape index (κ3) is 4.78. The van der Waals surface area contributed by atoms with Crippen LogP contribution in [0.4, 0.5) is 15.8 Å². The molecule has 0 unspecified atom stereocenters. The average Bonchev–Trinajstić information content (AvgIpc) is 3.15. The van der Waals surface area contributed by atoms with Crippen molar-refractivity contribution in [2.45, 2.75) is 20.5 Å². The summed E-state index contributed by atoms with van der Waals surface area (Å²) < 4.78 is 25.7. The van der Waals surface area contributed by atoms with Crippen molar-refractivity contribution >= 4 is 46.0 Å². The van der Waals surface area contributed by atoms with Crippen molar-refractivity contribution in [2.24, 2.45) is 0 Å². The maximum absolute atomic E-state index is 14.3. The highest BCUT2D eigenvalue weighted by molar-refractivity contribution is 7.09. The van der Waals surface area contributed by atoms with E-state index in [2.05, 4.69) is 20.5 Å². The van der Waals surface area contributed by atoms with Gasteiger partial charge in [0.2, 0.25) is 0 Å². The van der Waals surface area contributed by atoms with Crippen LogP contribution in [0.15, 0.2) is 35.8 Å². The Morgan fingerprint density at radius 3 is 2.65 bits per heavy atom. The van der Waals surface area contributed by atoms with Crippen LogP contribution in [0.25, 0.3) is 10.9 Å². The van der Waals surface area contributed by atoms with Crippen molar-refractivity contribution in [2.75, 3.05) is 12.4 Å². The van der Waals surface area contributed by atoms with Gasteiger partial charge in [-0.2, -0.15) is 10.2 Å². The number of hydrogen-bond acceptors (Lipinski definition) is 8. The van der Waals surface area contributed by atoms with Crippen LogP contribution in [-0.4, -0.2) is 27.4 Å². The number of aromatic hydroxyl groups is 1. The zero-order chi connectivity index (χ0) is 21.3. The van der Waals surface area contributed by atoms with Crippen molar-refractivity contribution in [1.82, 2.24) is 15.2 Å². The SMILES string of the molecule is COc1cc2c(Nc3cc(O)c(C)cc3F)cnnc2cc1OCc1csc(C)n1.Cl. The van der Waals surface area contributed by atoms with E-state index in [1.807, 2.05) is 12.3 Å². The second-order valence-electron chi connectivity index (χ2n) is 6.67. The summed E-state index contributed by atoms with van der Waals surface area (Å²) in [4.78, 5) is 4.38. The molecule has 0 fully saturated rings. The third-order valence-corrected chi connectivity index (χ3v) is 5.34. The topological polar surface area (TPSA) is 89.4 Å². The van der Waals surface area contributed by atoms with Gasteiger partial charge >= 0.3 is 0 Å². The van der Waals surface area contributed by atoms with Crippen LogP contribution in [0, 0.1) is 19.7 Å². The molecule has 4 aromatic rings. The maximum Gasteiger partial charge on any atom is 0.164 e. The highest BCUT2D eigenvalue weighted by Crippen LogP contribution is 2.36. The second kappa shape index (κ2) is 9.32. The normalized spacial score (nSPS) is 10.6. The molecular formula is C21H20ClFN4O3S. The molecule has 0 bridgehead atoms. The standard InChI is InChI=1S/C21H19FN4O3S.ClH/c1-11-4-15(22)17(6-19(11)27)25-18-8-23-26-16-7-21(20(28-3)5-14(16)18)29-9-13-10-30-12(2)24-13;/h4-8,10,27H,9H2,1-3H3,(H,25,26);1H. The zero-order valence-corrected chi connectivity index (χ0v) is 18.6. The summed E-state index contributed by atoms with van der Waals surface area (Å²) in [7, 11) is 1.54. The van der Waals surface area contributed by atoms with Crippen LogP contribution in [-0.2, 0) is 6.61 Å². The number of nitrogens with zero attached hydrogens (tertiary/aromatic N) is 3. The fourth-order valence-corrected chi connectivity index (χ4v) is 3.56. The second-order valence-corrected chi connectivity index (χ2v) is 7.73. The number of thiazole rings is 1. The molecule has 4 rings (SSSR count). The molecule has 0 aliphatic rings. The van der Waals surface area contributed by atoms with E-state index in [1.54, 1.807) is 37.5 Å². The highest BCUT2D eigenvalue weighted by atomic mass is 35.5. The molecule has 0 radical (unpaired) electrons. The number of phenolic OH excluding ortho intramolecular Hbond substituents is 1. The van der Waals surface area contributed by atoms with Crippen LogP contribution in [0.2, 0.25) is 0 Å². The number of ether oxygens (including phenoxy) is 2. The molecule has 0 saturated carbocycles. The summed E-state index contributed by atoms with van der Waals surface area (Å²) >= 11 is 1.56. The number of benzene rings is 2. The molecule has 2 N–H and O–H groups in total. The van der Waals surface area contributed by atoms with Crippen molar-refractivity contribution < 1.29 is 19.0 Å². The van der Waals surface area contributed by atoms with E-state index in [-0.39, 0.29) is 23.8 Å². The quantitative estimate of drug-likeness (QED) is 0.401. The van der Waals surface area contributed by atoms with E-state index in [0.717, 1.165) is 10.7 Å². The molecule has 0 aliphatic heterocycles. The van der Waals surface area contributed by atoms with E-state index in [1.165, 1.54) is 18.3 Å². The molecule has 7 nitrogen and oxygen atoms in total. The average molecular weight is 463 g/mol. The molecule has 2 aromatic carbocycles. The van der Waals surface area contributed by atoms with Gasteiger partial charge in [0.1, 0.15) is 18.2 Å². The van der Waals surface area contributed by atoms with Crippen LogP contribution < -0.4 is 14.8 Å². The lowest BCUT2D eigenvalue weighted by Gasteiger charge is -2.14. The Morgan fingerprint density at radius 1 is 1.13 bits per heavy atom. The number of fused-ring (bicyclic) bond motifs is 1. The zero-order valence-electron chi connectivity index (χ0n) is 17.0. The number of halogens is 2. The lowest BCUT2D eigenvalue weighted by molar-refractivity contribution is 0.281. The van der Waals surface area contributed by atoms with Gasteiger partial charge in [-0.05, 0) is 31.5 Å². The van der Waals surface area contributed by atoms with E-state index in [4.69, 9.17) is 9.47 Å². The number of rotatable bonds is 6. The molecule has 0 spiro atoms. The molecular weight excluding hydrogens is 443 g/mol. The lowest BCUT2D eigenvalue weighted by atomic mass is 10.1. The fraction of sp³-hybridized carbons (Fsp3) is 0.190. The fourth-order valence-electron chi connectivity index (χ4n) is 2.97. The van der Waals surface area contributed by atoms with Crippen molar-refractivity contribution in [3.8, 4) is 17.2 Å². The molecule has 2 aromatic heterocycles. The predicted octanol–water partition coefficient (Wildman–Crippen LogP) is 5.30. The number of aryl methyl sites for hydroxylation is 2. The molecule has 0 saturated heterocycles. The van der Waals surface area contributed by atoms with Crippen LogP contribution in [0.1, 0.15) is 16.3 Å². The van der Waals surface area contributed by atoms with Gasteiger partial charge in [-0.1, -0.05) is 0 Å². The van der Waals surface area contributed by atoms with Crippen molar-refractivity contribution in [3.63, 3.8) is 0 Å². The van der Waals surface area contributed by atoms with E-state index >= 15 is 0 Å². The number of methoxy groups -OCH3 is 1. The number of anilines is 2. The minimum atomic E-state index is -0.485. The molecule has 0 atom stereocenters.